The van der Waals surface area contributed by atoms with Crippen LogP contribution < -0.4 is 10.2 Å². The topological polar surface area (TPSA) is 76.4 Å². The van der Waals surface area contributed by atoms with Crippen molar-refractivity contribution in [1.82, 2.24) is 10.2 Å². The minimum Gasteiger partial charge on any atom is -0.355 e. The molecule has 0 unspecified atom stereocenters. The van der Waals surface area contributed by atoms with Crippen LogP contribution in [-0.2, 0) is 9.59 Å². The second kappa shape index (κ2) is 6.57. The van der Waals surface area contributed by atoms with Crippen molar-refractivity contribution in [2.75, 3.05) is 18.0 Å². The average molecular weight is 344 g/mol. The van der Waals surface area contributed by atoms with Gasteiger partial charge in [0.25, 0.3) is 5.91 Å². The van der Waals surface area contributed by atoms with E-state index in [2.05, 4.69) is 11.4 Å². The first-order valence-corrected chi connectivity index (χ1v) is 8.02. The Bertz CT molecular complexity index is 751. The number of amides is 2. The first kappa shape index (κ1) is 17.9. The first-order valence-electron chi connectivity index (χ1n) is 7.61. The van der Waals surface area contributed by atoms with Crippen molar-refractivity contribution in [2.24, 2.45) is 0 Å². The zero-order valence-corrected chi connectivity index (χ0v) is 15.0. The molecule has 0 radical (unpaired) electrons. The zero-order valence-electron chi connectivity index (χ0n) is 14.2. The maximum absolute atomic E-state index is 12.9. The van der Waals surface area contributed by atoms with E-state index in [0.29, 0.717) is 29.5 Å². The molecule has 2 amide bonds. The second-order valence-corrected chi connectivity index (χ2v) is 6.59. The Balaban J connectivity index is 2.30. The van der Waals surface area contributed by atoms with E-state index in [9.17, 15) is 9.59 Å². The number of hydrogen-bond acceptors (Lipinski definition) is 4. The molecule has 1 fully saturated rings. The predicted molar refractivity (Wildman–Crippen MR) is 95.4 cm³/mol. The number of carbonyl (C=O) groups excluding carboxylic acids is 2. The lowest BCUT2D eigenvalue weighted by molar-refractivity contribution is -0.123. The number of nitriles is 1. The van der Waals surface area contributed by atoms with Crippen molar-refractivity contribution in [3.05, 3.63) is 29.3 Å². The summed E-state index contributed by atoms with van der Waals surface area (Å²) >= 11 is 5.51. The Kier molecular flexibility index (Phi) is 4.90. The normalized spacial score (nSPS) is 16.3. The van der Waals surface area contributed by atoms with E-state index in [4.69, 9.17) is 17.5 Å². The van der Waals surface area contributed by atoms with Crippen LogP contribution in [0.3, 0.4) is 0 Å². The number of hydrogen-bond donors (Lipinski definition) is 1. The number of benzene rings is 1. The van der Waals surface area contributed by atoms with E-state index >= 15 is 0 Å². The molecule has 1 aliphatic rings. The lowest BCUT2D eigenvalue weighted by Crippen LogP contribution is -2.47. The Morgan fingerprint density at radius 2 is 2.08 bits per heavy atom. The van der Waals surface area contributed by atoms with Gasteiger partial charge in [-0.05, 0) is 56.8 Å². The first-order chi connectivity index (χ1) is 11.2. The lowest BCUT2D eigenvalue weighted by Gasteiger charge is -2.29. The third-order valence-corrected chi connectivity index (χ3v) is 4.52. The molecule has 1 aliphatic heterocycles. The van der Waals surface area contributed by atoms with Gasteiger partial charge < -0.3 is 10.2 Å². The van der Waals surface area contributed by atoms with E-state index in [1.54, 1.807) is 18.2 Å². The highest BCUT2D eigenvalue weighted by molar-refractivity contribution is 7.80. The lowest BCUT2D eigenvalue weighted by atomic mass is 10.0. The van der Waals surface area contributed by atoms with Gasteiger partial charge in [0.15, 0.2) is 5.11 Å². The van der Waals surface area contributed by atoms with Gasteiger partial charge in [0.2, 0.25) is 5.91 Å². The molecule has 1 N–H and O–H groups in total. The van der Waals surface area contributed by atoms with Gasteiger partial charge >= 0.3 is 0 Å². The summed E-state index contributed by atoms with van der Waals surface area (Å²) in [5.74, 6) is -0.247. The third-order valence-electron chi connectivity index (χ3n) is 4.12. The number of thiocarbonyl (C=S) groups is 1. The van der Waals surface area contributed by atoms with Gasteiger partial charge in [0, 0.05) is 20.0 Å². The van der Waals surface area contributed by atoms with Crippen molar-refractivity contribution < 1.29 is 9.59 Å². The minimum absolute atomic E-state index is 0.121. The third kappa shape index (κ3) is 3.10. The molecule has 1 aromatic carbocycles. The molecule has 0 bridgehead atoms. The molecule has 126 valence electrons. The summed E-state index contributed by atoms with van der Waals surface area (Å²) in [6.45, 7) is 7.75. The highest BCUT2D eigenvalue weighted by atomic mass is 32.1. The van der Waals surface area contributed by atoms with E-state index < -0.39 is 5.54 Å². The molecule has 0 aliphatic carbocycles. The molecule has 7 heteroatoms. The fourth-order valence-corrected chi connectivity index (χ4v) is 3.20. The molecular formula is C17H20N4O2S. The molecule has 24 heavy (non-hydrogen) atoms. The fourth-order valence-electron chi connectivity index (χ4n) is 2.69. The standard InChI is InChI=1S/C17H20N4O2S/c1-11-9-14(6-5-13(11)10-18)21-15(23)17(3,4)20(16(21)24)8-7-19-12(2)22/h5-6,9H,7-8H2,1-4H3,(H,19,22). The van der Waals surface area contributed by atoms with Crippen LogP contribution in [0.1, 0.15) is 31.9 Å². The van der Waals surface area contributed by atoms with Gasteiger partial charge in [0.05, 0.1) is 17.3 Å². The summed E-state index contributed by atoms with van der Waals surface area (Å²) in [5.41, 5.74) is 1.21. The van der Waals surface area contributed by atoms with E-state index in [-0.39, 0.29) is 11.8 Å². The maximum atomic E-state index is 12.9. The van der Waals surface area contributed by atoms with Gasteiger partial charge in [-0.2, -0.15) is 5.26 Å². The molecule has 0 atom stereocenters. The van der Waals surface area contributed by atoms with Crippen LogP contribution in [-0.4, -0.2) is 40.5 Å². The summed E-state index contributed by atoms with van der Waals surface area (Å²) in [7, 11) is 0. The number of rotatable bonds is 4. The minimum atomic E-state index is -0.794. The summed E-state index contributed by atoms with van der Waals surface area (Å²) in [6.07, 6.45) is 0. The quantitative estimate of drug-likeness (QED) is 0.842. The largest absolute Gasteiger partial charge is 0.355 e. The van der Waals surface area contributed by atoms with Crippen LogP contribution in [0.4, 0.5) is 5.69 Å². The van der Waals surface area contributed by atoms with Gasteiger partial charge in [-0.1, -0.05) is 0 Å². The number of aryl methyl sites for hydroxylation is 1. The highest BCUT2D eigenvalue weighted by Gasteiger charge is 2.49. The molecule has 0 saturated carbocycles. The molecule has 1 saturated heterocycles. The summed E-state index contributed by atoms with van der Waals surface area (Å²) in [6, 6.07) is 7.31. The Hall–Kier alpha value is -2.46. The Morgan fingerprint density at radius 3 is 2.62 bits per heavy atom. The number of carbonyl (C=O) groups is 2. The van der Waals surface area contributed by atoms with Crippen LogP contribution in [0.15, 0.2) is 18.2 Å². The molecular weight excluding hydrogens is 324 g/mol. The predicted octanol–water partition coefficient (Wildman–Crippen LogP) is 1.71. The number of nitrogens with zero attached hydrogens (tertiary/aromatic N) is 3. The molecule has 1 heterocycles. The Labute approximate surface area is 147 Å². The Morgan fingerprint density at radius 1 is 1.42 bits per heavy atom. The van der Waals surface area contributed by atoms with Gasteiger partial charge in [-0.15, -0.1) is 0 Å². The SMILES string of the molecule is CC(=O)NCCN1C(=S)N(c2ccc(C#N)c(C)c2)C(=O)C1(C)C. The van der Waals surface area contributed by atoms with Crippen molar-refractivity contribution in [2.45, 2.75) is 33.2 Å². The van der Waals surface area contributed by atoms with Gasteiger partial charge in [-0.3, -0.25) is 14.5 Å². The van der Waals surface area contributed by atoms with Crippen molar-refractivity contribution in [3.8, 4) is 6.07 Å². The van der Waals surface area contributed by atoms with E-state index in [1.807, 2.05) is 25.7 Å². The number of anilines is 1. The van der Waals surface area contributed by atoms with Gasteiger partial charge in [-0.25, -0.2) is 0 Å². The zero-order chi connectivity index (χ0) is 18.1. The van der Waals surface area contributed by atoms with Crippen LogP contribution in [0, 0.1) is 18.3 Å². The highest BCUT2D eigenvalue weighted by Crippen LogP contribution is 2.32. The summed E-state index contributed by atoms with van der Waals surface area (Å²) in [5, 5.41) is 12.2. The second-order valence-electron chi connectivity index (χ2n) is 6.23. The van der Waals surface area contributed by atoms with Crippen molar-refractivity contribution in [3.63, 3.8) is 0 Å². The summed E-state index contributed by atoms with van der Waals surface area (Å²) < 4.78 is 0. The monoisotopic (exact) mass is 344 g/mol. The van der Waals surface area contributed by atoms with Gasteiger partial charge in [0.1, 0.15) is 5.54 Å². The fraction of sp³-hybridized carbons (Fsp3) is 0.412. The van der Waals surface area contributed by atoms with Crippen LogP contribution in [0.2, 0.25) is 0 Å². The molecule has 0 aromatic heterocycles. The molecule has 1 aromatic rings. The van der Waals surface area contributed by atoms with Crippen LogP contribution >= 0.6 is 12.2 Å². The number of nitrogens with one attached hydrogen (secondary N) is 1. The van der Waals surface area contributed by atoms with E-state index in [1.165, 1.54) is 11.8 Å². The van der Waals surface area contributed by atoms with Crippen LogP contribution in [0.25, 0.3) is 0 Å². The molecule has 0 spiro atoms. The van der Waals surface area contributed by atoms with E-state index in [0.717, 1.165) is 5.56 Å². The average Bonchev–Trinajstić information content (AvgIpc) is 2.66. The van der Waals surface area contributed by atoms with Crippen LogP contribution in [0.5, 0.6) is 0 Å². The van der Waals surface area contributed by atoms with Crippen molar-refractivity contribution in [1.29, 1.82) is 5.26 Å². The summed E-state index contributed by atoms with van der Waals surface area (Å²) in [4.78, 5) is 27.2. The van der Waals surface area contributed by atoms with Crippen molar-refractivity contribution >= 4 is 34.8 Å². The molecule has 2 rings (SSSR count). The molecule has 6 nitrogen and oxygen atoms in total. The maximum Gasteiger partial charge on any atom is 0.258 e. The smallest absolute Gasteiger partial charge is 0.258 e.